The van der Waals surface area contributed by atoms with Crippen molar-refractivity contribution in [3.05, 3.63) is 91.1 Å². The molecule has 6 rings (SSSR count). The second-order valence-corrected chi connectivity index (χ2v) is 12.1. The van der Waals surface area contributed by atoms with Gasteiger partial charge in [-0.1, -0.05) is 67.9 Å². The van der Waals surface area contributed by atoms with E-state index in [0.29, 0.717) is 0 Å². The third kappa shape index (κ3) is 1.85. The Morgan fingerprint density at radius 2 is 0.923 bits per heavy atom. The summed E-state index contributed by atoms with van der Waals surface area (Å²) in [6, 6.07) is 31.2. The van der Waals surface area contributed by atoms with Crippen LogP contribution in [0.15, 0.2) is 91.1 Å². The molecule has 1 atom stereocenters. The van der Waals surface area contributed by atoms with Crippen LogP contribution in [0.2, 0.25) is 0 Å². The van der Waals surface area contributed by atoms with Gasteiger partial charge < -0.3 is 0 Å². The molecule has 0 N–H and O–H groups in total. The molecule has 0 saturated heterocycles. The molecule has 0 saturated carbocycles. The van der Waals surface area contributed by atoms with Crippen LogP contribution in [0.1, 0.15) is 0 Å². The number of aromatic nitrogens is 1. The van der Waals surface area contributed by atoms with Crippen LogP contribution in [-0.4, -0.2) is 4.98 Å². The summed E-state index contributed by atoms with van der Waals surface area (Å²) in [5, 5.41) is 11.4. The molecule has 0 aliphatic carbocycles. The summed E-state index contributed by atoms with van der Waals surface area (Å²) in [5.74, 6) is 0. The predicted molar refractivity (Wildman–Crippen MR) is 117 cm³/mol. The van der Waals surface area contributed by atoms with Gasteiger partial charge in [-0.3, -0.25) is 4.98 Å². The van der Waals surface area contributed by atoms with E-state index in [9.17, 15) is 0 Å². The van der Waals surface area contributed by atoms with E-state index in [1.54, 1.807) is 0 Å². The lowest BCUT2D eigenvalue weighted by atomic mass is 10.2. The van der Waals surface area contributed by atoms with E-state index in [4.69, 9.17) is 4.98 Å². The van der Waals surface area contributed by atoms with Gasteiger partial charge in [-0.05, 0) is 47.6 Å². The maximum absolute atomic E-state index is 4.89. The first-order valence-electron chi connectivity index (χ1n) is 8.76. The van der Waals surface area contributed by atoms with Gasteiger partial charge in [0.25, 0.3) is 0 Å². The number of benzene rings is 3. The number of pyridine rings is 1. The average molecular weight is 367 g/mol. The fourth-order valence-corrected chi connectivity index (χ4v) is 12.5. The topological polar surface area (TPSA) is 12.9 Å². The molecule has 26 heavy (non-hydrogen) atoms. The van der Waals surface area contributed by atoms with Crippen molar-refractivity contribution in [3.63, 3.8) is 0 Å². The summed E-state index contributed by atoms with van der Waals surface area (Å²) in [6.45, 7) is 0. The Hall–Kier alpha value is -2.59. The molecule has 122 valence electrons. The maximum Gasteiger partial charge on any atom is 0.0980 e. The van der Waals surface area contributed by atoms with Crippen molar-refractivity contribution in [2.75, 3.05) is 0 Å². The quantitative estimate of drug-likeness (QED) is 0.287. The van der Waals surface area contributed by atoms with Crippen LogP contribution < -0.4 is 0 Å². The van der Waals surface area contributed by atoms with Crippen LogP contribution in [0.5, 0.6) is 0 Å². The second-order valence-electron chi connectivity index (χ2n) is 6.55. The molecule has 3 heterocycles. The molecule has 0 aliphatic heterocycles. The van der Waals surface area contributed by atoms with E-state index < -0.39 is 14.4 Å². The van der Waals surface area contributed by atoms with Crippen molar-refractivity contribution in [1.82, 2.24) is 4.98 Å². The SMILES string of the molecule is c1ccc2c(c1)c1ccccc1p2-p1c2ccccc2c2cccnc21. The standard InChI is InChI=1S/C23H15NP2/c1-4-12-20-16(8-1)17-9-2-5-13-21(17)25(20)26-22-14-6-3-10-18(22)19-11-7-15-24-23(19)26/h1-15H. The molecule has 0 bridgehead atoms. The van der Waals surface area contributed by atoms with Gasteiger partial charge in [0.2, 0.25) is 0 Å². The summed E-state index contributed by atoms with van der Waals surface area (Å²) < 4.78 is 0. The summed E-state index contributed by atoms with van der Waals surface area (Å²) in [5.41, 5.74) is 0. The molecule has 3 aromatic carbocycles. The average Bonchev–Trinajstić information content (AvgIpc) is 3.21. The van der Waals surface area contributed by atoms with Crippen molar-refractivity contribution >= 4 is 56.6 Å². The van der Waals surface area contributed by atoms with Gasteiger partial charge in [0.1, 0.15) is 0 Å². The highest BCUT2D eigenvalue weighted by Gasteiger charge is 2.19. The van der Waals surface area contributed by atoms with Gasteiger partial charge in [-0.25, -0.2) is 0 Å². The Morgan fingerprint density at radius 1 is 0.462 bits per heavy atom. The molecular formula is C23H15NP2. The third-order valence-electron chi connectivity index (χ3n) is 5.16. The lowest BCUT2D eigenvalue weighted by Crippen LogP contribution is -1.68. The third-order valence-corrected chi connectivity index (χ3v) is 12.6. The van der Waals surface area contributed by atoms with Gasteiger partial charge in [0, 0.05) is 26.9 Å². The molecule has 6 aromatic rings. The zero-order valence-corrected chi connectivity index (χ0v) is 15.8. The van der Waals surface area contributed by atoms with Gasteiger partial charge in [-0.2, -0.15) is 0 Å². The van der Waals surface area contributed by atoms with Gasteiger partial charge in [0.05, 0.1) is 5.25 Å². The van der Waals surface area contributed by atoms with Crippen LogP contribution >= 0.6 is 14.4 Å². The van der Waals surface area contributed by atoms with E-state index in [-0.39, 0.29) is 0 Å². The molecule has 0 fully saturated rings. The molecule has 1 nitrogen and oxygen atoms in total. The van der Waals surface area contributed by atoms with E-state index in [0.717, 1.165) is 0 Å². The van der Waals surface area contributed by atoms with E-state index in [1.807, 2.05) is 6.20 Å². The Balaban J connectivity index is 1.93. The van der Waals surface area contributed by atoms with Crippen LogP contribution in [-0.2, 0) is 0 Å². The second kappa shape index (κ2) is 5.45. The number of rotatable bonds is 1. The molecule has 0 amide bonds. The molecule has 3 heteroatoms. The highest BCUT2D eigenvalue weighted by atomic mass is 32.0. The fourth-order valence-electron chi connectivity index (χ4n) is 4.10. The van der Waals surface area contributed by atoms with Crippen LogP contribution in [0, 0.1) is 0 Å². The summed E-state index contributed by atoms with van der Waals surface area (Å²) >= 11 is 0. The lowest BCUT2D eigenvalue weighted by molar-refractivity contribution is 1.45. The Kier molecular flexibility index (Phi) is 3.05. The van der Waals surface area contributed by atoms with E-state index in [1.165, 1.54) is 42.1 Å². The molecule has 1 unspecified atom stereocenters. The maximum atomic E-state index is 4.89. The monoisotopic (exact) mass is 367 g/mol. The molecular weight excluding hydrogens is 352 g/mol. The minimum absolute atomic E-state index is 0.449. The number of nitrogens with zero attached hydrogens (tertiary/aromatic N) is 1. The number of fused-ring (bicyclic) bond motifs is 6. The smallest absolute Gasteiger partial charge is 0.0980 e. The first-order chi connectivity index (χ1) is 12.9. The zero-order chi connectivity index (χ0) is 17.1. The fraction of sp³-hybridized carbons (Fsp3) is 0. The highest BCUT2D eigenvalue weighted by molar-refractivity contribution is 8.29. The summed E-state index contributed by atoms with van der Waals surface area (Å²) in [6.07, 6.45) is 1.96. The van der Waals surface area contributed by atoms with Crippen molar-refractivity contribution in [3.8, 4) is 0 Å². The Morgan fingerprint density at radius 3 is 1.54 bits per heavy atom. The first-order valence-corrected chi connectivity index (χ1v) is 12.2. The minimum atomic E-state index is -0.497. The summed E-state index contributed by atoms with van der Waals surface area (Å²) in [4.78, 5) is 4.89. The Labute approximate surface area is 152 Å². The largest absolute Gasteiger partial charge is 0.251 e. The Bertz CT molecular complexity index is 1220. The van der Waals surface area contributed by atoms with Gasteiger partial charge >= 0.3 is 0 Å². The highest BCUT2D eigenvalue weighted by Crippen LogP contribution is 2.71. The molecule has 0 radical (unpaired) electrons. The molecule has 3 aromatic heterocycles. The first kappa shape index (κ1) is 14.6. The van der Waals surface area contributed by atoms with Crippen molar-refractivity contribution in [1.29, 1.82) is 0 Å². The van der Waals surface area contributed by atoms with Gasteiger partial charge in [0.15, 0.2) is 0 Å². The molecule has 0 spiro atoms. The van der Waals surface area contributed by atoms with Crippen molar-refractivity contribution < 1.29 is 0 Å². The van der Waals surface area contributed by atoms with E-state index >= 15 is 0 Å². The van der Waals surface area contributed by atoms with Crippen LogP contribution in [0.3, 0.4) is 0 Å². The summed E-state index contributed by atoms with van der Waals surface area (Å²) in [7, 11) is -0.946. The lowest BCUT2D eigenvalue weighted by Gasteiger charge is -2.04. The van der Waals surface area contributed by atoms with Crippen LogP contribution in [0.4, 0.5) is 0 Å². The molecule has 0 aliphatic rings. The van der Waals surface area contributed by atoms with Crippen molar-refractivity contribution in [2.45, 2.75) is 0 Å². The van der Waals surface area contributed by atoms with Crippen molar-refractivity contribution in [2.24, 2.45) is 0 Å². The zero-order valence-electron chi connectivity index (χ0n) is 14.0. The van der Waals surface area contributed by atoms with Crippen LogP contribution in [0.25, 0.3) is 42.1 Å². The minimum Gasteiger partial charge on any atom is -0.251 e. The van der Waals surface area contributed by atoms with E-state index in [2.05, 4.69) is 84.9 Å². The number of hydrogen-bond donors (Lipinski definition) is 0. The number of hydrogen-bond acceptors (Lipinski definition) is 1. The predicted octanol–water partition coefficient (Wildman–Crippen LogP) is 7.98. The van der Waals surface area contributed by atoms with Gasteiger partial charge in [-0.15, -0.1) is 0 Å². The normalized spacial score (nSPS) is 12.5.